The van der Waals surface area contributed by atoms with Crippen molar-refractivity contribution < 1.29 is 22.1 Å². The van der Waals surface area contributed by atoms with E-state index in [0.717, 1.165) is 0 Å². The number of nitrogens with zero attached hydrogens (tertiary/aromatic N) is 5. The third kappa shape index (κ3) is 4.13. The first-order valence-corrected chi connectivity index (χ1v) is 9.47. The van der Waals surface area contributed by atoms with Crippen LogP contribution in [0, 0.1) is 37.8 Å². The van der Waals surface area contributed by atoms with Crippen molar-refractivity contribution in [3.05, 3.63) is 32.9 Å². The van der Waals surface area contributed by atoms with E-state index in [0.29, 0.717) is 16.8 Å². The summed E-state index contributed by atoms with van der Waals surface area (Å²) in [5.41, 5.74) is 0.425. The number of nitro groups is 1. The van der Waals surface area contributed by atoms with Gasteiger partial charge in [0.25, 0.3) is 0 Å². The van der Waals surface area contributed by atoms with E-state index in [1.807, 2.05) is 0 Å². The highest BCUT2D eigenvalue weighted by atomic mass is 32.2. The summed E-state index contributed by atoms with van der Waals surface area (Å²) >= 11 is 0. The van der Waals surface area contributed by atoms with E-state index in [-0.39, 0.29) is 40.8 Å². The molecule has 150 valence electrons. The first-order chi connectivity index (χ1) is 12.5. The summed E-state index contributed by atoms with van der Waals surface area (Å²) in [6.45, 7) is 3.02. The second-order valence-corrected chi connectivity index (χ2v) is 7.68. The minimum Gasteiger partial charge on any atom is -0.262 e. The molecule has 0 aliphatic rings. The molecule has 10 nitrogen and oxygen atoms in total. The fourth-order valence-electron chi connectivity index (χ4n) is 2.90. The van der Waals surface area contributed by atoms with Gasteiger partial charge in [-0.15, -0.1) is 0 Å². The summed E-state index contributed by atoms with van der Waals surface area (Å²) in [5, 5.41) is 18.6. The molecule has 0 unspecified atom stereocenters. The van der Waals surface area contributed by atoms with Gasteiger partial charge in [0.1, 0.15) is 16.3 Å². The van der Waals surface area contributed by atoms with E-state index in [1.165, 1.54) is 25.5 Å². The Labute approximate surface area is 154 Å². The highest BCUT2D eigenvalue weighted by Crippen LogP contribution is 2.24. The Hall–Kier alpha value is -2.41. The number of hydrogen-bond donors (Lipinski definition) is 1. The third-order valence-corrected chi connectivity index (χ3v) is 5.79. The summed E-state index contributed by atoms with van der Waals surface area (Å²) in [4.78, 5) is 10.2. The summed E-state index contributed by atoms with van der Waals surface area (Å²) in [5.74, 6) is 0. The van der Waals surface area contributed by atoms with Crippen molar-refractivity contribution in [2.45, 2.75) is 52.1 Å². The molecule has 0 aromatic carbocycles. The van der Waals surface area contributed by atoms with Crippen LogP contribution in [-0.2, 0) is 16.6 Å². The lowest BCUT2D eigenvalue weighted by molar-refractivity contribution is -0.386. The molecule has 0 aliphatic heterocycles. The Morgan fingerprint density at radius 2 is 1.78 bits per heavy atom. The van der Waals surface area contributed by atoms with Crippen LogP contribution >= 0.6 is 0 Å². The molecule has 2 aromatic rings. The summed E-state index contributed by atoms with van der Waals surface area (Å²) in [6.07, 6.45) is 0.305. The Balaban J connectivity index is 2.06. The number of sulfonamides is 1. The molecule has 0 bridgehead atoms. The van der Waals surface area contributed by atoms with E-state index in [4.69, 9.17) is 0 Å². The molecule has 0 amide bonds. The Kier molecular flexibility index (Phi) is 5.94. The van der Waals surface area contributed by atoms with Crippen LogP contribution in [0.1, 0.15) is 35.7 Å². The Morgan fingerprint density at radius 3 is 2.26 bits per heavy atom. The molecule has 0 saturated heterocycles. The van der Waals surface area contributed by atoms with Crippen molar-refractivity contribution in [2.75, 3.05) is 6.54 Å². The van der Waals surface area contributed by atoms with Gasteiger partial charge in [0.05, 0.1) is 16.3 Å². The van der Waals surface area contributed by atoms with Gasteiger partial charge in [-0.1, -0.05) is 0 Å². The summed E-state index contributed by atoms with van der Waals surface area (Å²) in [6, 6.07) is 0. The molecule has 0 spiro atoms. The van der Waals surface area contributed by atoms with Gasteiger partial charge in [-0.25, -0.2) is 17.8 Å². The zero-order valence-electron chi connectivity index (χ0n) is 15.2. The van der Waals surface area contributed by atoms with Crippen LogP contribution in [-0.4, -0.2) is 39.4 Å². The van der Waals surface area contributed by atoms with Gasteiger partial charge in [-0.05, 0) is 34.1 Å². The van der Waals surface area contributed by atoms with Gasteiger partial charge >= 0.3 is 12.2 Å². The smallest absolute Gasteiger partial charge is 0.262 e. The normalized spacial score (nSPS) is 12.1. The van der Waals surface area contributed by atoms with E-state index in [2.05, 4.69) is 14.9 Å². The number of rotatable bonds is 8. The van der Waals surface area contributed by atoms with Gasteiger partial charge < -0.3 is 0 Å². The molecule has 2 aromatic heterocycles. The molecule has 0 radical (unpaired) electrons. The fraction of sp³-hybridized carbons (Fsp3) is 0.571. The minimum absolute atomic E-state index is 0.00716. The quantitative estimate of drug-likeness (QED) is 0.406. The first-order valence-electron chi connectivity index (χ1n) is 7.99. The van der Waals surface area contributed by atoms with Crippen LogP contribution in [0.5, 0.6) is 0 Å². The van der Waals surface area contributed by atoms with Gasteiger partial charge in [-0.3, -0.25) is 14.8 Å². The third-order valence-electron chi connectivity index (χ3n) is 4.08. The number of aromatic nitrogens is 4. The minimum atomic E-state index is -4.02. The maximum absolute atomic E-state index is 12.9. The lowest BCUT2D eigenvalue weighted by Crippen LogP contribution is -2.26. The molecule has 2 rings (SSSR count). The van der Waals surface area contributed by atoms with E-state index >= 15 is 0 Å². The molecule has 27 heavy (non-hydrogen) atoms. The van der Waals surface area contributed by atoms with Gasteiger partial charge in [0.2, 0.25) is 10.0 Å². The van der Waals surface area contributed by atoms with Gasteiger partial charge in [-0.2, -0.15) is 19.0 Å². The second-order valence-electron chi connectivity index (χ2n) is 5.97. The lowest BCUT2D eigenvalue weighted by Gasteiger charge is -2.08. The monoisotopic (exact) mass is 406 g/mol. The number of nitrogens with one attached hydrogen (secondary N) is 1. The van der Waals surface area contributed by atoms with Crippen molar-refractivity contribution in [1.29, 1.82) is 0 Å². The van der Waals surface area contributed by atoms with E-state index in [9.17, 15) is 27.3 Å². The van der Waals surface area contributed by atoms with Crippen molar-refractivity contribution in [3.8, 4) is 0 Å². The van der Waals surface area contributed by atoms with Crippen molar-refractivity contribution >= 4 is 15.7 Å². The van der Waals surface area contributed by atoms with Gasteiger partial charge in [0.15, 0.2) is 0 Å². The largest absolute Gasteiger partial charge is 0.333 e. The number of alkyl halides is 2. The van der Waals surface area contributed by atoms with Crippen LogP contribution < -0.4 is 4.72 Å². The maximum atomic E-state index is 12.9. The van der Waals surface area contributed by atoms with Crippen molar-refractivity contribution in [2.24, 2.45) is 0 Å². The lowest BCUT2D eigenvalue weighted by atomic mass is 10.3. The van der Waals surface area contributed by atoms with Crippen molar-refractivity contribution in [1.82, 2.24) is 24.3 Å². The molecular formula is C14H20F2N6O4S. The number of hydrogen-bond acceptors (Lipinski definition) is 6. The van der Waals surface area contributed by atoms with Crippen LogP contribution in [0.3, 0.4) is 0 Å². The van der Waals surface area contributed by atoms with Crippen LogP contribution in [0.15, 0.2) is 4.90 Å². The zero-order chi connectivity index (χ0) is 20.5. The molecule has 0 atom stereocenters. The summed E-state index contributed by atoms with van der Waals surface area (Å²) in [7, 11) is -4.02. The average molecular weight is 406 g/mol. The number of aryl methyl sites for hydroxylation is 3. The highest BCUT2D eigenvalue weighted by Gasteiger charge is 2.27. The van der Waals surface area contributed by atoms with Crippen LogP contribution in [0.2, 0.25) is 0 Å². The van der Waals surface area contributed by atoms with E-state index < -0.39 is 21.5 Å². The fourth-order valence-corrected chi connectivity index (χ4v) is 4.37. The predicted molar refractivity (Wildman–Crippen MR) is 91.1 cm³/mol. The zero-order valence-corrected chi connectivity index (χ0v) is 16.0. The molecule has 1 N–H and O–H groups in total. The van der Waals surface area contributed by atoms with Crippen molar-refractivity contribution in [3.63, 3.8) is 0 Å². The topological polar surface area (TPSA) is 125 Å². The van der Waals surface area contributed by atoms with Crippen LogP contribution in [0.25, 0.3) is 0 Å². The highest BCUT2D eigenvalue weighted by molar-refractivity contribution is 7.89. The van der Waals surface area contributed by atoms with Crippen LogP contribution in [0.4, 0.5) is 14.5 Å². The SMILES string of the molecule is Cc1nn(CCCNS(=O)(=O)c2c(C)nn(C(F)F)c2C)c(C)c1[N+](=O)[O-]. The molecule has 2 heterocycles. The van der Waals surface area contributed by atoms with E-state index in [1.54, 1.807) is 6.92 Å². The molecular weight excluding hydrogens is 386 g/mol. The number of halogens is 2. The standard InChI is InChI=1S/C14H20F2N6O4S/c1-8-12(22(23)24)10(3)20(18-8)7-5-6-17-27(25,26)13-9(2)19-21(11(13)4)14(15)16/h14,17H,5-7H2,1-4H3. The Morgan fingerprint density at radius 1 is 1.15 bits per heavy atom. The average Bonchev–Trinajstić information content (AvgIpc) is 3.00. The Bertz CT molecular complexity index is 967. The maximum Gasteiger partial charge on any atom is 0.333 e. The molecule has 0 aliphatic carbocycles. The first kappa shape index (κ1) is 20.9. The second kappa shape index (κ2) is 7.68. The van der Waals surface area contributed by atoms with Gasteiger partial charge in [0, 0.05) is 13.1 Å². The molecule has 13 heteroatoms. The molecule has 0 fully saturated rings. The predicted octanol–water partition coefficient (Wildman–Crippen LogP) is 1.99. The summed E-state index contributed by atoms with van der Waals surface area (Å²) < 4.78 is 54.7. The molecule has 0 saturated carbocycles.